The minimum absolute atomic E-state index is 0. The Hall–Kier alpha value is -1.36. The average Bonchev–Trinajstić information content (AvgIpc) is 3.23. The molecule has 28 heavy (non-hydrogen) atoms. The van der Waals surface area contributed by atoms with Crippen molar-refractivity contribution >= 4 is 5.82 Å². The summed E-state index contributed by atoms with van der Waals surface area (Å²) in [5, 5.41) is 15.8. The molecule has 0 amide bonds. The van der Waals surface area contributed by atoms with Gasteiger partial charge in [-0.1, -0.05) is 19.3 Å². The molecule has 1 aliphatic carbocycles. The van der Waals surface area contributed by atoms with Crippen LogP contribution in [0.25, 0.3) is 16.6 Å². The Morgan fingerprint density at radius 2 is 1.96 bits per heavy atom. The van der Waals surface area contributed by atoms with Crippen LogP contribution in [-0.4, -0.2) is 45.8 Å². The summed E-state index contributed by atoms with van der Waals surface area (Å²) in [5.74, 6) is 2.23. The molecule has 152 valence electrons. The number of aliphatic hydroxyl groups is 1. The molecule has 2 fully saturated rings. The molecule has 0 radical (unpaired) electrons. The fourth-order valence-electron chi connectivity index (χ4n) is 3.66. The predicted octanol–water partition coefficient (Wildman–Crippen LogP) is 4.14. The molecule has 1 unspecified atom stereocenters. The summed E-state index contributed by atoms with van der Waals surface area (Å²) in [6.07, 6.45) is 11.0. The van der Waals surface area contributed by atoms with Crippen molar-refractivity contribution in [3.05, 3.63) is 41.7 Å². The van der Waals surface area contributed by atoms with Crippen molar-refractivity contribution in [1.29, 1.82) is 0 Å². The molecule has 2 aromatic heterocycles. The molecule has 2 aromatic rings. The smallest absolute Gasteiger partial charge is 0.132 e. The van der Waals surface area contributed by atoms with E-state index in [0.717, 1.165) is 48.8 Å². The first-order chi connectivity index (χ1) is 13.3. The maximum absolute atomic E-state index is 7.57. The molecule has 3 heterocycles. The number of nitrogens with one attached hydrogen (secondary N) is 1. The number of hydrogen-bond acceptors (Lipinski definition) is 5. The topological polar surface area (TPSA) is 85.0 Å². The van der Waals surface area contributed by atoms with E-state index in [-0.39, 0.29) is 27.7 Å². The van der Waals surface area contributed by atoms with Crippen molar-refractivity contribution in [2.75, 3.05) is 25.0 Å². The van der Waals surface area contributed by atoms with Crippen molar-refractivity contribution in [3.8, 4) is 11.3 Å². The summed E-state index contributed by atoms with van der Waals surface area (Å²) >= 11 is 0. The van der Waals surface area contributed by atoms with Crippen molar-refractivity contribution in [2.24, 2.45) is 0 Å². The van der Waals surface area contributed by atoms with Gasteiger partial charge in [0.1, 0.15) is 11.6 Å². The average molecular weight is 552 g/mol. The van der Waals surface area contributed by atoms with Gasteiger partial charge in [-0.2, -0.15) is 0 Å². The van der Waals surface area contributed by atoms with Crippen LogP contribution < -0.4 is 5.32 Å². The van der Waals surface area contributed by atoms with Crippen LogP contribution in [0.3, 0.4) is 0 Å². The number of anilines is 1. The molecule has 2 aliphatic rings. The molecule has 0 bridgehead atoms. The standard InChI is InChI=1S/C19H24N5.C2H6O.W/c1-2-8-16(7-1)22-18-11-17(14-5-3-9-20-12-14)23-19(24-18)15-6-4-10-21-13-15;1-2-3;/h3,5,9,11-12,15-16H,1-2,4,6-8,10,13H2,(H,22,23,24);3H,2H2,1H3;/q-1;;. The number of rotatable bonds is 4. The molecular weight excluding hydrogens is 522 g/mol. The van der Waals surface area contributed by atoms with Crippen molar-refractivity contribution < 1.29 is 26.2 Å². The van der Waals surface area contributed by atoms with E-state index in [1.165, 1.54) is 25.7 Å². The predicted molar refractivity (Wildman–Crippen MR) is 109 cm³/mol. The molecule has 0 aromatic carbocycles. The van der Waals surface area contributed by atoms with Gasteiger partial charge in [-0.3, -0.25) is 4.98 Å². The normalized spacial score (nSPS) is 19.3. The number of piperidine rings is 1. The zero-order valence-corrected chi connectivity index (χ0v) is 19.5. The van der Waals surface area contributed by atoms with Crippen LogP contribution in [0.5, 0.6) is 0 Å². The van der Waals surface area contributed by atoms with Crippen molar-refractivity contribution in [2.45, 2.75) is 57.4 Å². The summed E-state index contributed by atoms with van der Waals surface area (Å²) in [4.78, 5) is 13.9. The van der Waals surface area contributed by atoms with E-state index < -0.39 is 0 Å². The summed E-state index contributed by atoms with van der Waals surface area (Å²) in [6, 6.07) is 6.63. The molecule has 2 N–H and O–H groups in total. The number of nitrogens with zero attached hydrogens (tertiary/aromatic N) is 4. The van der Waals surface area contributed by atoms with Gasteiger partial charge in [-0.05, 0) is 38.3 Å². The Morgan fingerprint density at radius 3 is 2.61 bits per heavy atom. The van der Waals surface area contributed by atoms with Crippen LogP contribution in [0.2, 0.25) is 0 Å². The van der Waals surface area contributed by atoms with E-state index >= 15 is 0 Å². The number of hydrogen-bond donors (Lipinski definition) is 2. The molecule has 0 spiro atoms. The van der Waals surface area contributed by atoms with Gasteiger partial charge in [0, 0.05) is 63.7 Å². The van der Waals surface area contributed by atoms with Gasteiger partial charge in [0.15, 0.2) is 0 Å². The third-order valence-electron chi connectivity index (χ3n) is 4.99. The van der Waals surface area contributed by atoms with Crippen LogP contribution >= 0.6 is 0 Å². The van der Waals surface area contributed by atoms with Crippen LogP contribution in [0, 0.1) is 0 Å². The fraction of sp³-hybridized carbons (Fsp3) is 0.571. The molecule has 6 nitrogen and oxygen atoms in total. The quantitative estimate of drug-likeness (QED) is 0.596. The van der Waals surface area contributed by atoms with Crippen LogP contribution in [0.1, 0.15) is 57.2 Å². The second-order valence-corrected chi connectivity index (χ2v) is 7.15. The second-order valence-electron chi connectivity index (χ2n) is 7.15. The molecule has 1 saturated carbocycles. The van der Waals surface area contributed by atoms with Crippen LogP contribution in [-0.2, 0) is 21.1 Å². The van der Waals surface area contributed by atoms with Crippen LogP contribution in [0.15, 0.2) is 30.6 Å². The van der Waals surface area contributed by atoms with Gasteiger partial charge in [0.05, 0.1) is 5.69 Å². The van der Waals surface area contributed by atoms with E-state index in [1.807, 2.05) is 12.3 Å². The van der Waals surface area contributed by atoms with Crippen molar-refractivity contribution in [3.63, 3.8) is 0 Å². The maximum Gasteiger partial charge on any atom is 0.132 e. The van der Waals surface area contributed by atoms with Gasteiger partial charge in [0.2, 0.25) is 0 Å². The van der Waals surface area contributed by atoms with Gasteiger partial charge in [-0.15, -0.1) is 13.1 Å². The third-order valence-corrected chi connectivity index (χ3v) is 4.99. The van der Waals surface area contributed by atoms with Gasteiger partial charge in [0.25, 0.3) is 0 Å². The Labute approximate surface area is 182 Å². The molecule has 1 saturated heterocycles. The largest absolute Gasteiger partial charge is 0.662 e. The molecule has 7 heteroatoms. The van der Waals surface area contributed by atoms with E-state index in [9.17, 15) is 0 Å². The SMILES string of the molecule is CCO.[W].c1cncc(-c2cc(NC3CCCC3)nc(C3CCC[N-]C3)n2)c1. The minimum atomic E-state index is 0. The number of aromatic nitrogens is 3. The summed E-state index contributed by atoms with van der Waals surface area (Å²) < 4.78 is 0. The Balaban J connectivity index is 0.000000660. The monoisotopic (exact) mass is 552 g/mol. The zero-order valence-electron chi connectivity index (χ0n) is 16.5. The summed E-state index contributed by atoms with van der Waals surface area (Å²) in [5.41, 5.74) is 2.00. The first-order valence-corrected chi connectivity index (χ1v) is 10.1. The summed E-state index contributed by atoms with van der Waals surface area (Å²) in [7, 11) is 0. The van der Waals surface area contributed by atoms with Gasteiger partial charge in [-0.25, -0.2) is 9.97 Å². The Kier molecular flexibility index (Phi) is 10.0. The van der Waals surface area contributed by atoms with E-state index in [1.54, 1.807) is 13.1 Å². The third kappa shape index (κ3) is 6.61. The number of pyridine rings is 1. The van der Waals surface area contributed by atoms with Crippen molar-refractivity contribution in [1.82, 2.24) is 15.0 Å². The van der Waals surface area contributed by atoms with E-state index in [4.69, 9.17) is 15.1 Å². The second kappa shape index (κ2) is 12.3. The zero-order chi connectivity index (χ0) is 18.9. The maximum atomic E-state index is 7.57. The first kappa shape index (κ1) is 22.9. The minimum Gasteiger partial charge on any atom is -0.662 e. The van der Waals surface area contributed by atoms with Crippen LogP contribution in [0.4, 0.5) is 5.82 Å². The fourth-order valence-corrected chi connectivity index (χ4v) is 3.66. The Bertz CT molecular complexity index is 688. The number of aliphatic hydroxyl groups excluding tert-OH is 1. The molecular formula is C21H30N5OW-. The van der Waals surface area contributed by atoms with E-state index in [0.29, 0.717) is 12.0 Å². The van der Waals surface area contributed by atoms with Gasteiger partial charge >= 0.3 is 0 Å². The molecule has 1 aliphatic heterocycles. The molecule has 1 atom stereocenters. The van der Waals surface area contributed by atoms with E-state index in [2.05, 4.69) is 27.8 Å². The summed E-state index contributed by atoms with van der Waals surface area (Å²) in [6.45, 7) is 3.76. The Morgan fingerprint density at radius 1 is 1.18 bits per heavy atom. The molecule has 4 rings (SSSR count). The first-order valence-electron chi connectivity index (χ1n) is 10.1. The van der Waals surface area contributed by atoms with Gasteiger partial charge < -0.3 is 15.7 Å².